The van der Waals surface area contributed by atoms with E-state index in [4.69, 9.17) is 17.0 Å². The van der Waals surface area contributed by atoms with Crippen molar-refractivity contribution in [1.82, 2.24) is 10.6 Å². The highest BCUT2D eigenvalue weighted by Crippen LogP contribution is 2.29. The molecular formula is C8H14ClN3S2. The number of rotatable bonds is 3. The fourth-order valence-electron chi connectivity index (χ4n) is 1.24. The first-order valence-electron chi connectivity index (χ1n) is 4.30. The van der Waals surface area contributed by atoms with E-state index in [1.54, 1.807) is 0 Å². The van der Waals surface area contributed by atoms with Gasteiger partial charge in [-0.05, 0) is 14.0 Å². The van der Waals surface area contributed by atoms with Gasteiger partial charge >= 0.3 is 0 Å². The standard InChI is InChI=1S/C8H14ClN3S2/c1-3-6(14-7(9)10)5-4-13-8(11-2)12-5/h3,5,8,10-12H,4H2,1-2H3/b6-3-,10-7?/t5?,8-/m1/s1. The molecule has 0 radical (unpaired) electrons. The minimum atomic E-state index is 0.123. The Labute approximate surface area is 97.9 Å². The van der Waals surface area contributed by atoms with E-state index < -0.39 is 0 Å². The number of halogens is 1. The molecule has 0 saturated carbocycles. The van der Waals surface area contributed by atoms with Gasteiger partial charge in [-0.25, -0.2) is 0 Å². The van der Waals surface area contributed by atoms with Gasteiger partial charge in [0.1, 0.15) is 5.50 Å². The number of hydrogen-bond donors (Lipinski definition) is 3. The van der Waals surface area contributed by atoms with Crippen molar-refractivity contribution in [2.75, 3.05) is 12.8 Å². The molecule has 1 aliphatic heterocycles. The Kier molecular flexibility index (Phi) is 5.33. The van der Waals surface area contributed by atoms with Gasteiger partial charge in [-0.1, -0.05) is 29.4 Å². The Bertz CT molecular complexity index is 245. The summed E-state index contributed by atoms with van der Waals surface area (Å²) in [6.45, 7) is 1.97. The zero-order chi connectivity index (χ0) is 10.6. The number of nitrogens with one attached hydrogen (secondary N) is 3. The average molecular weight is 252 g/mol. The molecule has 1 unspecified atom stereocenters. The molecule has 1 rings (SSSR count). The van der Waals surface area contributed by atoms with Crippen LogP contribution in [0.3, 0.4) is 0 Å². The third kappa shape index (κ3) is 3.47. The van der Waals surface area contributed by atoms with Gasteiger partial charge in [-0.3, -0.25) is 16.0 Å². The van der Waals surface area contributed by atoms with E-state index in [1.807, 2.05) is 31.8 Å². The summed E-state index contributed by atoms with van der Waals surface area (Å²) in [5.74, 6) is 1.02. The predicted octanol–water partition coefficient (Wildman–Crippen LogP) is 2.00. The second kappa shape index (κ2) is 6.02. The maximum Gasteiger partial charge on any atom is 0.159 e. The van der Waals surface area contributed by atoms with E-state index in [9.17, 15) is 0 Å². The Balaban J connectivity index is 2.51. The van der Waals surface area contributed by atoms with Gasteiger partial charge in [0, 0.05) is 16.7 Å². The van der Waals surface area contributed by atoms with E-state index in [0.717, 1.165) is 10.7 Å². The molecule has 0 aromatic carbocycles. The van der Waals surface area contributed by atoms with Gasteiger partial charge in [0.05, 0.1) is 0 Å². The van der Waals surface area contributed by atoms with Gasteiger partial charge in [0.2, 0.25) is 0 Å². The van der Waals surface area contributed by atoms with Gasteiger partial charge in [0.25, 0.3) is 0 Å². The Hall–Kier alpha value is 0.320. The molecule has 0 aromatic heterocycles. The van der Waals surface area contributed by atoms with Gasteiger partial charge in [-0.2, -0.15) is 0 Å². The van der Waals surface area contributed by atoms with Crippen molar-refractivity contribution in [2.24, 2.45) is 0 Å². The minimum absolute atomic E-state index is 0.123. The summed E-state index contributed by atoms with van der Waals surface area (Å²) in [7, 11) is 1.93. The van der Waals surface area contributed by atoms with Crippen LogP contribution in [-0.4, -0.2) is 28.8 Å². The number of thioether (sulfide) groups is 2. The predicted molar refractivity (Wildman–Crippen MR) is 67.2 cm³/mol. The zero-order valence-corrected chi connectivity index (χ0v) is 10.5. The second-order valence-electron chi connectivity index (χ2n) is 2.79. The Morgan fingerprint density at radius 1 is 1.79 bits per heavy atom. The summed E-state index contributed by atoms with van der Waals surface area (Å²) >= 11 is 8.70. The maximum absolute atomic E-state index is 7.22. The van der Waals surface area contributed by atoms with Crippen LogP contribution in [0.15, 0.2) is 11.0 Å². The molecule has 1 heterocycles. The lowest BCUT2D eigenvalue weighted by molar-refractivity contribution is 0.582. The van der Waals surface area contributed by atoms with Crippen LogP contribution in [-0.2, 0) is 0 Å². The van der Waals surface area contributed by atoms with Crippen LogP contribution in [0.1, 0.15) is 6.92 Å². The van der Waals surface area contributed by atoms with Crippen molar-refractivity contribution < 1.29 is 0 Å². The summed E-state index contributed by atoms with van der Waals surface area (Å²) in [4.78, 5) is 1.12. The molecule has 2 atom stereocenters. The lowest BCUT2D eigenvalue weighted by Gasteiger charge is -2.14. The molecule has 1 fully saturated rings. The highest BCUT2D eigenvalue weighted by Gasteiger charge is 2.26. The normalized spacial score (nSPS) is 28.1. The second-order valence-corrected chi connectivity index (χ2v) is 5.61. The fourth-order valence-corrected chi connectivity index (χ4v) is 3.32. The maximum atomic E-state index is 7.22. The molecule has 0 aromatic rings. The van der Waals surface area contributed by atoms with Crippen molar-refractivity contribution >= 4 is 39.6 Å². The third-order valence-corrected chi connectivity index (χ3v) is 4.28. The van der Waals surface area contributed by atoms with Gasteiger partial charge in [0.15, 0.2) is 4.50 Å². The van der Waals surface area contributed by atoms with Crippen molar-refractivity contribution in [3.05, 3.63) is 11.0 Å². The quantitative estimate of drug-likeness (QED) is 0.531. The van der Waals surface area contributed by atoms with E-state index in [1.165, 1.54) is 11.8 Å². The molecule has 80 valence electrons. The van der Waals surface area contributed by atoms with Crippen molar-refractivity contribution in [3.63, 3.8) is 0 Å². The van der Waals surface area contributed by atoms with E-state index in [-0.39, 0.29) is 4.50 Å². The SMILES string of the molecule is C/C=C(\SC(=N)Cl)C1CS[C@H](NC)N1. The van der Waals surface area contributed by atoms with E-state index in [0.29, 0.717) is 11.5 Å². The number of hydrogen-bond acceptors (Lipinski definition) is 5. The molecule has 3 nitrogen and oxygen atoms in total. The smallest absolute Gasteiger partial charge is 0.159 e. The van der Waals surface area contributed by atoms with E-state index >= 15 is 0 Å². The molecule has 1 aliphatic rings. The van der Waals surface area contributed by atoms with Crippen LogP contribution in [0.25, 0.3) is 0 Å². The summed E-state index contributed by atoms with van der Waals surface area (Å²) in [5.41, 5.74) is 0.306. The van der Waals surface area contributed by atoms with E-state index in [2.05, 4.69) is 10.6 Å². The van der Waals surface area contributed by atoms with Crippen LogP contribution in [0, 0.1) is 5.41 Å². The largest absolute Gasteiger partial charge is 0.296 e. The third-order valence-electron chi connectivity index (χ3n) is 1.88. The highest BCUT2D eigenvalue weighted by atomic mass is 35.5. The zero-order valence-electron chi connectivity index (χ0n) is 8.13. The molecule has 0 bridgehead atoms. The lowest BCUT2D eigenvalue weighted by Crippen LogP contribution is -2.38. The molecular weight excluding hydrogens is 238 g/mol. The summed E-state index contributed by atoms with van der Waals surface area (Å²) < 4.78 is 0.123. The highest BCUT2D eigenvalue weighted by molar-refractivity contribution is 8.19. The van der Waals surface area contributed by atoms with Crippen LogP contribution in [0.2, 0.25) is 0 Å². The van der Waals surface area contributed by atoms with Gasteiger partial charge in [-0.15, -0.1) is 11.8 Å². The van der Waals surface area contributed by atoms with Crippen LogP contribution < -0.4 is 10.6 Å². The first-order valence-corrected chi connectivity index (χ1v) is 6.54. The van der Waals surface area contributed by atoms with Crippen LogP contribution in [0.4, 0.5) is 0 Å². The molecule has 0 aliphatic carbocycles. The molecule has 6 heteroatoms. The fraction of sp³-hybridized carbons (Fsp3) is 0.625. The van der Waals surface area contributed by atoms with Gasteiger partial charge < -0.3 is 0 Å². The van der Waals surface area contributed by atoms with Crippen molar-refractivity contribution in [2.45, 2.75) is 18.5 Å². The molecule has 1 saturated heterocycles. The summed E-state index contributed by atoms with van der Waals surface area (Å²) in [6.07, 6.45) is 2.01. The molecule has 0 spiro atoms. The topological polar surface area (TPSA) is 47.9 Å². The van der Waals surface area contributed by atoms with Crippen LogP contribution >= 0.6 is 35.1 Å². The monoisotopic (exact) mass is 251 g/mol. The average Bonchev–Trinajstić information content (AvgIpc) is 2.62. The van der Waals surface area contributed by atoms with Crippen molar-refractivity contribution in [3.8, 4) is 0 Å². The lowest BCUT2D eigenvalue weighted by atomic mass is 10.3. The summed E-state index contributed by atoms with van der Waals surface area (Å²) in [6, 6.07) is 0.312. The molecule has 3 N–H and O–H groups in total. The molecule has 0 amide bonds. The van der Waals surface area contributed by atoms with Crippen LogP contribution in [0.5, 0.6) is 0 Å². The molecule has 14 heavy (non-hydrogen) atoms. The number of allylic oxidation sites excluding steroid dienone is 1. The first kappa shape index (κ1) is 12.4. The minimum Gasteiger partial charge on any atom is -0.296 e. The Morgan fingerprint density at radius 2 is 2.50 bits per heavy atom. The van der Waals surface area contributed by atoms with Crippen molar-refractivity contribution in [1.29, 1.82) is 5.41 Å². The first-order chi connectivity index (χ1) is 6.67. The Morgan fingerprint density at radius 3 is 2.93 bits per heavy atom. The summed E-state index contributed by atoms with van der Waals surface area (Å²) in [5, 5.41) is 13.8.